The first-order valence-corrected chi connectivity index (χ1v) is 8.48. The molecule has 0 saturated heterocycles. The molecule has 0 unspecified atom stereocenters. The van der Waals surface area contributed by atoms with Gasteiger partial charge in [0.15, 0.2) is 5.82 Å². The van der Waals surface area contributed by atoms with E-state index in [1.165, 1.54) is 12.1 Å². The molecule has 9 heteroatoms. The monoisotopic (exact) mass is 378 g/mol. The number of carbonyl (C=O) groups excluding carboxylic acids is 1. The van der Waals surface area contributed by atoms with Crippen LogP contribution in [0.25, 0.3) is 11.4 Å². The topological polar surface area (TPSA) is 70.7 Å². The molecule has 1 aromatic heterocycles. The van der Waals surface area contributed by atoms with E-state index >= 15 is 0 Å². The zero-order valence-corrected chi connectivity index (χ0v) is 14.1. The molecule has 1 heterocycles. The van der Waals surface area contributed by atoms with E-state index in [0.29, 0.717) is 16.7 Å². The highest BCUT2D eigenvalue weighted by molar-refractivity contribution is 7.99. The molecule has 5 nitrogen and oxygen atoms in total. The Labute approximate surface area is 151 Å². The number of halogens is 3. The summed E-state index contributed by atoms with van der Waals surface area (Å²) in [5, 5.41) is 9.77. The Morgan fingerprint density at radius 1 is 1.08 bits per heavy atom. The molecule has 3 aromatic rings. The summed E-state index contributed by atoms with van der Waals surface area (Å²) in [6, 6.07) is 13.7. The van der Waals surface area contributed by atoms with Gasteiger partial charge in [-0.1, -0.05) is 42.1 Å². The summed E-state index contributed by atoms with van der Waals surface area (Å²) in [6.07, 6.45) is -4.40. The number of H-pyrrole nitrogens is 1. The van der Waals surface area contributed by atoms with Crippen LogP contribution >= 0.6 is 11.8 Å². The van der Waals surface area contributed by atoms with Crippen molar-refractivity contribution in [2.24, 2.45) is 0 Å². The molecule has 2 N–H and O–H groups in total. The summed E-state index contributed by atoms with van der Waals surface area (Å²) in [5.74, 6) is 0.268. The van der Waals surface area contributed by atoms with Gasteiger partial charge in [0.25, 0.3) is 0 Å². The summed E-state index contributed by atoms with van der Waals surface area (Å²) in [7, 11) is 0. The number of aromatic amines is 1. The molecule has 134 valence electrons. The summed E-state index contributed by atoms with van der Waals surface area (Å²) >= 11 is 1.13. The number of aromatic nitrogens is 3. The molecule has 0 bridgehead atoms. The fourth-order valence-corrected chi connectivity index (χ4v) is 2.70. The fourth-order valence-electron chi connectivity index (χ4n) is 2.11. The first-order valence-electron chi connectivity index (χ1n) is 7.49. The van der Waals surface area contributed by atoms with Crippen LogP contribution in [0.4, 0.5) is 18.9 Å². The van der Waals surface area contributed by atoms with Crippen LogP contribution < -0.4 is 5.32 Å². The number of nitrogens with zero attached hydrogens (tertiary/aromatic N) is 2. The number of hydrogen-bond acceptors (Lipinski definition) is 4. The molecule has 3 rings (SSSR count). The highest BCUT2D eigenvalue weighted by Crippen LogP contribution is 2.29. The second kappa shape index (κ2) is 7.61. The average Bonchev–Trinajstić information content (AvgIpc) is 3.09. The minimum absolute atomic E-state index is 0.0348. The number of benzene rings is 2. The quantitative estimate of drug-likeness (QED) is 0.652. The van der Waals surface area contributed by atoms with Gasteiger partial charge in [-0.05, 0) is 24.3 Å². The molecule has 2 aromatic carbocycles. The number of carbonyl (C=O) groups is 1. The summed E-state index contributed by atoms with van der Waals surface area (Å²) in [6.45, 7) is 0. The van der Waals surface area contributed by atoms with Crippen molar-refractivity contribution in [3.05, 3.63) is 60.2 Å². The molecule has 0 aliphatic rings. The maximum atomic E-state index is 12.5. The maximum absolute atomic E-state index is 12.5. The van der Waals surface area contributed by atoms with E-state index in [4.69, 9.17) is 0 Å². The van der Waals surface area contributed by atoms with Crippen LogP contribution in [0.15, 0.2) is 59.8 Å². The maximum Gasteiger partial charge on any atom is 0.416 e. The van der Waals surface area contributed by atoms with E-state index in [1.54, 1.807) is 0 Å². The van der Waals surface area contributed by atoms with Gasteiger partial charge in [0, 0.05) is 11.3 Å². The molecular weight excluding hydrogens is 365 g/mol. The standard InChI is InChI=1S/C17H13F3N4OS/c18-17(19,20)12-6-8-13(9-7-12)21-14(25)10-26-16-22-15(23-24-16)11-4-2-1-3-5-11/h1-9H,10H2,(H,21,25)(H,22,23,24). The number of thioether (sulfide) groups is 1. The summed E-state index contributed by atoms with van der Waals surface area (Å²) < 4.78 is 37.5. The third-order valence-electron chi connectivity index (χ3n) is 3.34. The van der Waals surface area contributed by atoms with Crippen molar-refractivity contribution in [2.75, 3.05) is 11.1 Å². The lowest BCUT2D eigenvalue weighted by Crippen LogP contribution is -2.14. The number of rotatable bonds is 5. The van der Waals surface area contributed by atoms with Gasteiger partial charge < -0.3 is 5.32 Å². The number of nitrogens with one attached hydrogen (secondary N) is 2. The van der Waals surface area contributed by atoms with E-state index < -0.39 is 11.7 Å². The molecule has 0 atom stereocenters. The van der Waals surface area contributed by atoms with Crippen molar-refractivity contribution in [2.45, 2.75) is 11.3 Å². The van der Waals surface area contributed by atoms with Gasteiger partial charge in [0.05, 0.1) is 11.3 Å². The van der Waals surface area contributed by atoms with E-state index in [-0.39, 0.29) is 11.7 Å². The summed E-state index contributed by atoms with van der Waals surface area (Å²) in [5.41, 5.74) is 0.406. The van der Waals surface area contributed by atoms with Gasteiger partial charge >= 0.3 is 6.18 Å². The van der Waals surface area contributed by atoms with Crippen LogP contribution in [0.5, 0.6) is 0 Å². The lowest BCUT2D eigenvalue weighted by atomic mass is 10.2. The molecule has 0 radical (unpaired) electrons. The highest BCUT2D eigenvalue weighted by atomic mass is 32.2. The van der Waals surface area contributed by atoms with Crippen molar-refractivity contribution >= 4 is 23.4 Å². The van der Waals surface area contributed by atoms with Crippen molar-refractivity contribution in [3.63, 3.8) is 0 Å². The van der Waals surface area contributed by atoms with Gasteiger partial charge in [-0.2, -0.15) is 13.2 Å². The highest BCUT2D eigenvalue weighted by Gasteiger charge is 2.29. The van der Waals surface area contributed by atoms with Crippen LogP contribution in [0.3, 0.4) is 0 Å². The SMILES string of the molecule is O=C(CSc1n[nH]c(-c2ccccc2)n1)Nc1ccc(C(F)(F)F)cc1. The van der Waals surface area contributed by atoms with Gasteiger partial charge in [-0.3, -0.25) is 9.89 Å². The molecular formula is C17H13F3N4OS. The van der Waals surface area contributed by atoms with Crippen LogP contribution in [-0.2, 0) is 11.0 Å². The Bertz CT molecular complexity index is 879. The van der Waals surface area contributed by atoms with Crippen molar-refractivity contribution in [1.82, 2.24) is 15.2 Å². The van der Waals surface area contributed by atoms with Crippen LogP contribution in [-0.4, -0.2) is 26.8 Å². The Morgan fingerprint density at radius 3 is 2.42 bits per heavy atom. The molecule has 0 aliphatic heterocycles. The first-order chi connectivity index (χ1) is 12.4. The molecule has 26 heavy (non-hydrogen) atoms. The third-order valence-corrected chi connectivity index (χ3v) is 4.19. The number of hydrogen-bond donors (Lipinski definition) is 2. The van der Waals surface area contributed by atoms with Crippen molar-refractivity contribution in [3.8, 4) is 11.4 Å². The number of anilines is 1. The van der Waals surface area contributed by atoms with E-state index in [2.05, 4.69) is 20.5 Å². The van der Waals surface area contributed by atoms with Crippen LogP contribution in [0.1, 0.15) is 5.56 Å². The largest absolute Gasteiger partial charge is 0.416 e. The van der Waals surface area contributed by atoms with Gasteiger partial charge in [-0.15, -0.1) is 5.10 Å². The van der Waals surface area contributed by atoms with Crippen LogP contribution in [0, 0.1) is 0 Å². The molecule has 0 spiro atoms. The van der Waals surface area contributed by atoms with E-state index in [0.717, 1.165) is 29.5 Å². The second-order valence-electron chi connectivity index (χ2n) is 5.24. The smallest absolute Gasteiger partial charge is 0.325 e. The minimum Gasteiger partial charge on any atom is -0.325 e. The van der Waals surface area contributed by atoms with E-state index in [9.17, 15) is 18.0 Å². The van der Waals surface area contributed by atoms with Gasteiger partial charge in [0.1, 0.15) is 0 Å². The Hall–Kier alpha value is -2.81. The average molecular weight is 378 g/mol. The lowest BCUT2D eigenvalue weighted by molar-refractivity contribution is -0.137. The Morgan fingerprint density at radius 2 is 1.77 bits per heavy atom. The fraction of sp³-hybridized carbons (Fsp3) is 0.118. The third kappa shape index (κ3) is 4.63. The predicted molar refractivity (Wildman–Crippen MR) is 92.6 cm³/mol. The van der Waals surface area contributed by atoms with Gasteiger partial charge in [0.2, 0.25) is 11.1 Å². The Kier molecular flexibility index (Phi) is 5.27. The number of alkyl halides is 3. The predicted octanol–water partition coefficient (Wildman–Crippen LogP) is 4.22. The molecule has 0 saturated carbocycles. The molecule has 0 fully saturated rings. The van der Waals surface area contributed by atoms with Crippen molar-refractivity contribution in [1.29, 1.82) is 0 Å². The zero-order valence-electron chi connectivity index (χ0n) is 13.2. The minimum atomic E-state index is -4.40. The second-order valence-corrected chi connectivity index (χ2v) is 6.19. The molecule has 0 aliphatic carbocycles. The van der Waals surface area contributed by atoms with Crippen molar-refractivity contribution < 1.29 is 18.0 Å². The van der Waals surface area contributed by atoms with Gasteiger partial charge in [-0.25, -0.2) is 4.98 Å². The summed E-state index contributed by atoms with van der Waals surface area (Å²) in [4.78, 5) is 16.2. The lowest BCUT2D eigenvalue weighted by Gasteiger charge is -2.08. The normalized spacial score (nSPS) is 11.3. The zero-order chi connectivity index (χ0) is 18.6. The Balaban J connectivity index is 1.54. The van der Waals surface area contributed by atoms with E-state index in [1.807, 2.05) is 30.3 Å². The molecule has 1 amide bonds. The first kappa shape index (κ1) is 18.0. The van der Waals surface area contributed by atoms with Crippen LogP contribution in [0.2, 0.25) is 0 Å². The number of amides is 1.